The highest BCUT2D eigenvalue weighted by molar-refractivity contribution is 9.09. The van der Waals surface area contributed by atoms with E-state index in [1.807, 2.05) is 0 Å². The van der Waals surface area contributed by atoms with E-state index >= 15 is 0 Å². The minimum atomic E-state index is 0. The molecule has 0 aliphatic heterocycles. The van der Waals surface area contributed by atoms with Gasteiger partial charge in [0.15, 0.2) is 0 Å². The predicted molar refractivity (Wildman–Crippen MR) is 96.7 cm³/mol. The average Bonchev–Trinajstić information content (AvgIpc) is 2.49. The molecule has 0 heterocycles. The smallest absolute Gasteiger partial charge is 0.0786 e. The Bertz CT molecular complexity index is 187. The molecule has 0 aliphatic rings. The van der Waals surface area contributed by atoms with Crippen molar-refractivity contribution in [3.8, 4) is 0 Å². The highest BCUT2D eigenvalue weighted by atomic mass is 79.9. The lowest BCUT2D eigenvalue weighted by Gasteiger charge is -2.35. The van der Waals surface area contributed by atoms with E-state index < -0.39 is 0 Å². The van der Waals surface area contributed by atoms with E-state index in [1.165, 1.54) is 100 Å². The summed E-state index contributed by atoms with van der Waals surface area (Å²) in [5.41, 5.74) is 0. The van der Waals surface area contributed by atoms with Crippen LogP contribution in [0.1, 0.15) is 85.0 Å². The second-order valence-electron chi connectivity index (χ2n) is 6.24. The molecule has 0 N–H and O–H groups in total. The molecule has 0 fully saturated rings. The quantitative estimate of drug-likeness (QED) is 0.231. The van der Waals surface area contributed by atoms with Gasteiger partial charge in [-0.15, -0.1) is 0 Å². The van der Waals surface area contributed by atoms with Crippen LogP contribution in [0.5, 0.6) is 0 Å². The van der Waals surface area contributed by atoms with Crippen molar-refractivity contribution in [2.75, 3.05) is 31.5 Å². The largest absolute Gasteiger partial charge is 1.00 e. The number of alkyl halides is 1. The Labute approximate surface area is 149 Å². The van der Waals surface area contributed by atoms with E-state index in [1.54, 1.807) is 0 Å². The van der Waals surface area contributed by atoms with Gasteiger partial charge in [-0.25, -0.2) is 0 Å². The summed E-state index contributed by atoms with van der Waals surface area (Å²) < 4.78 is 1.33. The van der Waals surface area contributed by atoms with Crippen molar-refractivity contribution in [2.24, 2.45) is 0 Å². The number of rotatable bonds is 15. The fraction of sp³-hybridized carbons (Fsp3) is 1.00. The molecule has 0 rings (SSSR count). The Balaban J connectivity index is 0. The van der Waals surface area contributed by atoms with Gasteiger partial charge in [-0.3, -0.25) is 0 Å². The Hall–Kier alpha value is 0.730. The summed E-state index contributed by atoms with van der Waals surface area (Å²) in [4.78, 5) is 0. The number of quaternary nitrogens is 1. The van der Waals surface area contributed by atoms with Crippen LogP contribution in [0, 0.1) is 0 Å². The van der Waals surface area contributed by atoms with E-state index in [-0.39, 0.29) is 12.4 Å². The Morgan fingerprint density at radius 2 is 0.905 bits per heavy atom. The van der Waals surface area contributed by atoms with E-state index in [0.717, 1.165) is 0 Å². The van der Waals surface area contributed by atoms with Crippen LogP contribution >= 0.6 is 15.9 Å². The summed E-state index contributed by atoms with van der Waals surface area (Å²) in [7, 11) is 0. The summed E-state index contributed by atoms with van der Waals surface area (Å²) in [6, 6.07) is 0. The zero-order chi connectivity index (χ0) is 15.1. The standard InChI is InChI=1S/C18H39BrN.ClH/c1-4-20(5-2,6-3)18-16-14-12-10-8-7-9-11-13-15-17-19;/h4-18H2,1-3H3;1H/q+1;/p-1. The average molecular weight is 385 g/mol. The second-order valence-corrected chi connectivity index (χ2v) is 7.03. The van der Waals surface area contributed by atoms with Gasteiger partial charge in [-0.1, -0.05) is 60.9 Å². The minimum Gasteiger partial charge on any atom is -1.00 e. The molecule has 21 heavy (non-hydrogen) atoms. The normalized spacial score (nSPS) is 11.4. The second kappa shape index (κ2) is 17.1. The van der Waals surface area contributed by atoms with Crippen LogP contribution in [0.2, 0.25) is 0 Å². The fourth-order valence-corrected chi connectivity index (χ4v) is 3.50. The number of unbranched alkanes of at least 4 members (excludes halogenated alkanes) is 9. The summed E-state index contributed by atoms with van der Waals surface area (Å²) in [6.07, 6.45) is 14.4. The van der Waals surface area contributed by atoms with Crippen molar-refractivity contribution in [1.29, 1.82) is 0 Å². The first-order chi connectivity index (χ1) is 9.74. The van der Waals surface area contributed by atoms with Crippen LogP contribution < -0.4 is 12.4 Å². The number of halogens is 2. The lowest BCUT2D eigenvalue weighted by molar-refractivity contribution is -0.923. The number of nitrogens with zero attached hydrogens (tertiary/aromatic N) is 1. The Kier molecular flexibility index (Phi) is 19.5. The molecule has 0 atom stereocenters. The maximum atomic E-state index is 3.50. The van der Waals surface area contributed by atoms with E-state index in [4.69, 9.17) is 0 Å². The lowest BCUT2D eigenvalue weighted by Crippen LogP contribution is -3.00. The molecule has 130 valence electrons. The molecule has 0 radical (unpaired) electrons. The van der Waals surface area contributed by atoms with Crippen LogP contribution in [-0.4, -0.2) is 36.0 Å². The third-order valence-electron chi connectivity index (χ3n) is 5.03. The molecule has 3 heteroatoms. The molecule has 0 saturated heterocycles. The predicted octanol–water partition coefficient (Wildman–Crippen LogP) is 3.16. The number of hydrogen-bond acceptors (Lipinski definition) is 0. The lowest BCUT2D eigenvalue weighted by atomic mass is 10.1. The van der Waals surface area contributed by atoms with E-state index in [9.17, 15) is 0 Å². The first-order valence-electron chi connectivity index (χ1n) is 9.15. The summed E-state index contributed by atoms with van der Waals surface area (Å²) in [5, 5.41) is 1.18. The molecule has 0 aliphatic carbocycles. The van der Waals surface area contributed by atoms with E-state index in [0.29, 0.717) is 0 Å². The summed E-state index contributed by atoms with van der Waals surface area (Å²) in [5.74, 6) is 0. The fourth-order valence-electron chi connectivity index (χ4n) is 3.10. The van der Waals surface area contributed by atoms with Crippen LogP contribution in [0.3, 0.4) is 0 Å². The van der Waals surface area contributed by atoms with Crippen molar-refractivity contribution in [3.05, 3.63) is 0 Å². The van der Waals surface area contributed by atoms with Crippen molar-refractivity contribution >= 4 is 15.9 Å². The van der Waals surface area contributed by atoms with Crippen LogP contribution in [0.25, 0.3) is 0 Å². The maximum Gasteiger partial charge on any atom is 0.0786 e. The highest BCUT2D eigenvalue weighted by Gasteiger charge is 2.19. The van der Waals surface area contributed by atoms with Crippen molar-refractivity contribution in [2.45, 2.75) is 85.0 Å². The summed E-state index contributed by atoms with van der Waals surface area (Å²) >= 11 is 3.50. The molecule has 0 aromatic carbocycles. The SMILES string of the molecule is CC[N+](CC)(CC)CCCCCCCCCCCCBr.[Cl-]. The molecular weight excluding hydrogens is 346 g/mol. The van der Waals surface area contributed by atoms with Gasteiger partial charge in [-0.2, -0.15) is 0 Å². The molecule has 0 bridgehead atoms. The van der Waals surface area contributed by atoms with Gasteiger partial charge in [0.05, 0.1) is 26.2 Å². The monoisotopic (exact) mass is 383 g/mol. The van der Waals surface area contributed by atoms with Gasteiger partial charge in [0, 0.05) is 5.33 Å². The van der Waals surface area contributed by atoms with Gasteiger partial charge < -0.3 is 16.9 Å². The molecular formula is C18H39BrClN. The zero-order valence-electron chi connectivity index (χ0n) is 14.8. The zero-order valence-corrected chi connectivity index (χ0v) is 17.2. The molecule has 1 nitrogen and oxygen atoms in total. The van der Waals surface area contributed by atoms with Gasteiger partial charge >= 0.3 is 0 Å². The molecule has 0 aromatic rings. The number of hydrogen-bond donors (Lipinski definition) is 0. The molecule has 0 spiro atoms. The third kappa shape index (κ3) is 12.9. The first-order valence-corrected chi connectivity index (χ1v) is 10.3. The maximum absolute atomic E-state index is 3.50. The minimum absolute atomic E-state index is 0. The molecule has 0 aromatic heterocycles. The Morgan fingerprint density at radius 1 is 0.571 bits per heavy atom. The third-order valence-corrected chi connectivity index (χ3v) is 5.59. The summed E-state index contributed by atoms with van der Waals surface area (Å²) in [6.45, 7) is 12.4. The van der Waals surface area contributed by atoms with Gasteiger partial charge in [0.25, 0.3) is 0 Å². The van der Waals surface area contributed by atoms with Crippen LogP contribution in [0.4, 0.5) is 0 Å². The van der Waals surface area contributed by atoms with Crippen molar-refractivity contribution in [1.82, 2.24) is 0 Å². The van der Waals surface area contributed by atoms with Crippen LogP contribution in [0.15, 0.2) is 0 Å². The van der Waals surface area contributed by atoms with Crippen molar-refractivity contribution < 1.29 is 16.9 Å². The van der Waals surface area contributed by atoms with Gasteiger partial charge in [-0.05, 0) is 40.0 Å². The topological polar surface area (TPSA) is 0 Å². The van der Waals surface area contributed by atoms with Crippen molar-refractivity contribution in [3.63, 3.8) is 0 Å². The van der Waals surface area contributed by atoms with Gasteiger partial charge in [0.1, 0.15) is 0 Å². The highest BCUT2D eigenvalue weighted by Crippen LogP contribution is 2.13. The first kappa shape index (κ1) is 24.0. The molecule has 0 amide bonds. The van der Waals surface area contributed by atoms with Gasteiger partial charge in [0.2, 0.25) is 0 Å². The Morgan fingerprint density at radius 3 is 1.24 bits per heavy atom. The molecule has 0 saturated carbocycles. The molecule has 0 unspecified atom stereocenters. The van der Waals surface area contributed by atoms with Crippen LogP contribution in [-0.2, 0) is 0 Å². The van der Waals surface area contributed by atoms with E-state index in [2.05, 4.69) is 36.7 Å².